The van der Waals surface area contributed by atoms with E-state index in [4.69, 9.17) is 15.2 Å². The van der Waals surface area contributed by atoms with E-state index in [9.17, 15) is 4.79 Å². The average Bonchev–Trinajstić information content (AvgIpc) is 2.66. The van der Waals surface area contributed by atoms with Crippen LogP contribution in [0.15, 0.2) is 0 Å². The van der Waals surface area contributed by atoms with Gasteiger partial charge in [-0.1, -0.05) is 5.21 Å². The average molecular weight is 228 g/mol. The van der Waals surface area contributed by atoms with Gasteiger partial charge in [-0.05, 0) is 0 Å². The zero-order valence-corrected chi connectivity index (χ0v) is 9.47. The summed E-state index contributed by atoms with van der Waals surface area (Å²) in [6.45, 7) is 1.53. The molecule has 1 rings (SSSR count). The molecule has 1 aromatic rings. The number of hydrogen-bond donors (Lipinski definition) is 1. The first-order chi connectivity index (χ1) is 7.70. The Balaban J connectivity index is 2.85. The number of amides is 1. The highest BCUT2D eigenvalue weighted by atomic mass is 16.5. The van der Waals surface area contributed by atoms with Gasteiger partial charge in [-0.3, -0.25) is 4.79 Å². The van der Waals surface area contributed by atoms with Crippen molar-refractivity contribution in [2.24, 2.45) is 5.73 Å². The molecule has 0 radical (unpaired) electrons. The molecular weight excluding hydrogens is 212 g/mol. The molecule has 0 aliphatic heterocycles. The maximum atomic E-state index is 11.1. The minimum Gasteiger partial charge on any atom is -0.384 e. The normalized spacial score (nSPS) is 10.6. The summed E-state index contributed by atoms with van der Waals surface area (Å²) in [7, 11) is 3.19. The van der Waals surface area contributed by atoms with E-state index in [1.807, 2.05) is 0 Å². The van der Waals surface area contributed by atoms with E-state index < -0.39 is 5.91 Å². The van der Waals surface area contributed by atoms with E-state index in [1.165, 1.54) is 0 Å². The largest absolute Gasteiger partial charge is 0.384 e. The lowest BCUT2D eigenvalue weighted by atomic mass is 10.2. The third-order valence-corrected chi connectivity index (χ3v) is 2.12. The summed E-state index contributed by atoms with van der Waals surface area (Å²) in [5.41, 5.74) is 6.09. The van der Waals surface area contributed by atoms with Gasteiger partial charge in [-0.2, -0.15) is 0 Å². The molecule has 0 spiro atoms. The van der Waals surface area contributed by atoms with Gasteiger partial charge in [0.25, 0.3) is 5.91 Å². The molecule has 0 saturated heterocycles. The smallest absolute Gasteiger partial charge is 0.271 e. The summed E-state index contributed by atoms with van der Waals surface area (Å²) in [4.78, 5) is 11.1. The summed E-state index contributed by atoms with van der Waals surface area (Å²) in [5, 5.41) is 7.61. The fraction of sp³-hybridized carbons (Fsp3) is 0.667. The Hall–Kier alpha value is -1.47. The molecule has 90 valence electrons. The van der Waals surface area contributed by atoms with Crippen molar-refractivity contribution in [3.05, 3.63) is 11.4 Å². The number of carbonyl (C=O) groups is 1. The van der Waals surface area contributed by atoms with Gasteiger partial charge in [-0.25, -0.2) is 4.68 Å². The fourth-order valence-corrected chi connectivity index (χ4v) is 1.33. The predicted octanol–water partition coefficient (Wildman–Crippen LogP) is -0.788. The Kier molecular flexibility index (Phi) is 4.87. The SMILES string of the molecule is COCCc1c(C(N)=O)nnn1CCOC. The molecule has 16 heavy (non-hydrogen) atoms. The van der Waals surface area contributed by atoms with E-state index >= 15 is 0 Å². The van der Waals surface area contributed by atoms with E-state index in [0.29, 0.717) is 31.9 Å². The number of nitrogens with two attached hydrogens (primary N) is 1. The van der Waals surface area contributed by atoms with Crippen molar-refractivity contribution >= 4 is 5.91 Å². The van der Waals surface area contributed by atoms with E-state index in [1.54, 1.807) is 18.9 Å². The molecule has 1 aromatic heterocycles. The van der Waals surface area contributed by atoms with Gasteiger partial charge >= 0.3 is 0 Å². The number of hydrogen-bond acceptors (Lipinski definition) is 5. The number of ether oxygens (including phenoxy) is 2. The molecule has 1 amide bonds. The van der Waals surface area contributed by atoms with Gasteiger partial charge in [0.1, 0.15) is 0 Å². The van der Waals surface area contributed by atoms with E-state index in [0.717, 1.165) is 0 Å². The van der Waals surface area contributed by atoms with Crippen LogP contribution in [0.25, 0.3) is 0 Å². The highest BCUT2D eigenvalue weighted by Crippen LogP contribution is 2.06. The molecule has 0 aromatic carbocycles. The Bertz CT molecular complexity index is 351. The first kappa shape index (κ1) is 12.6. The molecule has 0 saturated carbocycles. The second kappa shape index (κ2) is 6.19. The Morgan fingerprint density at radius 2 is 2.06 bits per heavy atom. The van der Waals surface area contributed by atoms with Crippen molar-refractivity contribution in [2.75, 3.05) is 27.4 Å². The summed E-state index contributed by atoms with van der Waals surface area (Å²) in [5.74, 6) is -0.574. The molecule has 2 N–H and O–H groups in total. The van der Waals surface area contributed by atoms with Gasteiger partial charge in [-0.15, -0.1) is 5.10 Å². The van der Waals surface area contributed by atoms with Gasteiger partial charge in [0.05, 0.1) is 25.5 Å². The molecule has 1 heterocycles. The zero-order valence-electron chi connectivity index (χ0n) is 9.47. The van der Waals surface area contributed by atoms with E-state index in [2.05, 4.69) is 10.3 Å². The second-order valence-electron chi connectivity index (χ2n) is 3.21. The molecule has 7 nitrogen and oxygen atoms in total. The van der Waals surface area contributed by atoms with Crippen molar-refractivity contribution in [3.8, 4) is 0 Å². The lowest BCUT2D eigenvalue weighted by Crippen LogP contribution is -2.17. The van der Waals surface area contributed by atoms with E-state index in [-0.39, 0.29) is 5.69 Å². The van der Waals surface area contributed by atoms with Crippen LogP contribution in [0.2, 0.25) is 0 Å². The molecular formula is C9H16N4O3. The molecule has 7 heteroatoms. The number of methoxy groups -OCH3 is 2. The maximum absolute atomic E-state index is 11.1. The third-order valence-electron chi connectivity index (χ3n) is 2.12. The van der Waals surface area contributed by atoms with Gasteiger partial charge in [0.15, 0.2) is 5.69 Å². The van der Waals surface area contributed by atoms with Crippen molar-refractivity contribution in [2.45, 2.75) is 13.0 Å². The van der Waals surface area contributed by atoms with Crippen LogP contribution in [0.3, 0.4) is 0 Å². The first-order valence-corrected chi connectivity index (χ1v) is 4.90. The topological polar surface area (TPSA) is 92.3 Å². The minimum atomic E-state index is -0.574. The quantitative estimate of drug-likeness (QED) is 0.660. The Labute approximate surface area is 93.5 Å². The number of aromatic nitrogens is 3. The van der Waals surface area contributed by atoms with Crippen molar-refractivity contribution in [3.63, 3.8) is 0 Å². The highest BCUT2D eigenvalue weighted by molar-refractivity contribution is 5.91. The molecule has 0 aliphatic rings. The van der Waals surface area contributed by atoms with Crippen molar-refractivity contribution < 1.29 is 14.3 Å². The van der Waals surface area contributed by atoms with Gasteiger partial charge < -0.3 is 15.2 Å². The molecule has 0 bridgehead atoms. The molecule has 0 aliphatic carbocycles. The van der Waals surface area contributed by atoms with Crippen LogP contribution in [0.1, 0.15) is 16.2 Å². The van der Waals surface area contributed by atoms with Crippen LogP contribution in [-0.2, 0) is 22.4 Å². The Morgan fingerprint density at radius 3 is 2.62 bits per heavy atom. The van der Waals surface area contributed by atoms with Crippen LogP contribution < -0.4 is 5.73 Å². The number of carbonyl (C=O) groups excluding carboxylic acids is 1. The van der Waals surface area contributed by atoms with Crippen molar-refractivity contribution in [1.82, 2.24) is 15.0 Å². The summed E-state index contributed by atoms with van der Waals surface area (Å²) < 4.78 is 11.5. The monoisotopic (exact) mass is 228 g/mol. The highest BCUT2D eigenvalue weighted by Gasteiger charge is 2.16. The molecule has 0 atom stereocenters. The van der Waals surface area contributed by atoms with Crippen LogP contribution in [0.5, 0.6) is 0 Å². The number of nitrogens with zero attached hydrogens (tertiary/aromatic N) is 3. The Morgan fingerprint density at radius 1 is 1.38 bits per heavy atom. The van der Waals surface area contributed by atoms with Crippen LogP contribution in [0, 0.1) is 0 Å². The standard InChI is InChI=1S/C9H16N4O3/c1-15-5-3-7-8(9(10)14)11-12-13(7)4-6-16-2/h3-6H2,1-2H3,(H2,10,14). The van der Waals surface area contributed by atoms with Crippen molar-refractivity contribution in [1.29, 1.82) is 0 Å². The number of rotatable bonds is 7. The molecule has 0 unspecified atom stereocenters. The summed E-state index contributed by atoms with van der Waals surface area (Å²) in [6, 6.07) is 0. The van der Waals surface area contributed by atoms with Gasteiger partial charge in [0.2, 0.25) is 0 Å². The third kappa shape index (κ3) is 3.01. The minimum absolute atomic E-state index is 0.202. The second-order valence-corrected chi connectivity index (χ2v) is 3.21. The fourth-order valence-electron chi connectivity index (χ4n) is 1.33. The van der Waals surface area contributed by atoms with Crippen LogP contribution in [-0.4, -0.2) is 48.3 Å². The number of primary amides is 1. The lowest BCUT2D eigenvalue weighted by Gasteiger charge is -2.05. The lowest BCUT2D eigenvalue weighted by molar-refractivity contribution is 0.0994. The van der Waals surface area contributed by atoms with Crippen LogP contribution in [0.4, 0.5) is 0 Å². The molecule has 0 fully saturated rings. The predicted molar refractivity (Wildman–Crippen MR) is 56.0 cm³/mol. The van der Waals surface area contributed by atoms with Gasteiger partial charge in [0, 0.05) is 20.6 Å². The summed E-state index contributed by atoms with van der Waals surface area (Å²) in [6.07, 6.45) is 0.547. The summed E-state index contributed by atoms with van der Waals surface area (Å²) >= 11 is 0. The first-order valence-electron chi connectivity index (χ1n) is 4.90. The van der Waals surface area contributed by atoms with Crippen LogP contribution >= 0.6 is 0 Å². The zero-order chi connectivity index (χ0) is 12.0. The maximum Gasteiger partial charge on any atom is 0.271 e.